The van der Waals surface area contributed by atoms with Gasteiger partial charge in [0.05, 0.1) is 17.1 Å². The minimum atomic E-state index is -0.984. The number of aromatic nitrogens is 1. The molecule has 2 aromatic rings. The molecule has 1 heterocycles. The zero-order valence-electron chi connectivity index (χ0n) is 11.4. The van der Waals surface area contributed by atoms with Gasteiger partial charge in [-0.2, -0.15) is 0 Å². The van der Waals surface area contributed by atoms with Crippen LogP contribution in [0, 0.1) is 6.92 Å². The van der Waals surface area contributed by atoms with Gasteiger partial charge in [-0.25, -0.2) is 14.6 Å². The molecule has 1 aromatic carbocycles. The van der Waals surface area contributed by atoms with Crippen LogP contribution in [0.1, 0.15) is 25.8 Å². The smallest absolute Gasteiger partial charge is 0.335 e. The average Bonchev–Trinajstić information content (AvgIpc) is 2.89. The van der Waals surface area contributed by atoms with E-state index in [9.17, 15) is 9.59 Å². The molecule has 2 amide bonds. The Hall–Kier alpha value is -2.41. The molecule has 0 unspecified atom stereocenters. The Labute approximate surface area is 125 Å². The first kappa shape index (κ1) is 15.0. The molecule has 1 aromatic heterocycles. The number of nitrogens with one attached hydrogen (secondary N) is 2. The van der Waals surface area contributed by atoms with Gasteiger partial charge in [0.2, 0.25) is 0 Å². The number of carbonyl (C=O) groups excluding carboxylic acids is 1. The number of rotatable bonds is 5. The van der Waals surface area contributed by atoms with Gasteiger partial charge < -0.3 is 15.7 Å². The minimum Gasteiger partial charge on any atom is -0.478 e. The van der Waals surface area contributed by atoms with Crippen LogP contribution in [0.4, 0.5) is 4.79 Å². The van der Waals surface area contributed by atoms with Crippen molar-refractivity contribution in [3.63, 3.8) is 0 Å². The van der Waals surface area contributed by atoms with Crippen LogP contribution in [0.3, 0.4) is 0 Å². The monoisotopic (exact) mass is 305 g/mol. The van der Waals surface area contributed by atoms with Crippen molar-refractivity contribution in [2.45, 2.75) is 20.0 Å². The Bertz CT molecular complexity index is 654. The van der Waals surface area contributed by atoms with Crippen molar-refractivity contribution in [3.05, 3.63) is 51.5 Å². The second kappa shape index (κ2) is 6.85. The Morgan fingerprint density at radius 2 is 2.05 bits per heavy atom. The third-order valence-corrected chi connectivity index (χ3v) is 3.63. The highest BCUT2D eigenvalue weighted by Crippen LogP contribution is 2.10. The van der Waals surface area contributed by atoms with Gasteiger partial charge in [-0.15, -0.1) is 11.3 Å². The lowest BCUT2D eigenvalue weighted by atomic mass is 10.1. The Morgan fingerprint density at radius 3 is 2.71 bits per heavy atom. The molecule has 3 N–H and O–H groups in total. The molecule has 7 heteroatoms. The lowest BCUT2D eigenvalue weighted by Crippen LogP contribution is -2.34. The van der Waals surface area contributed by atoms with Crippen molar-refractivity contribution in [1.82, 2.24) is 15.6 Å². The summed E-state index contributed by atoms with van der Waals surface area (Å²) < 4.78 is 0. The number of thiazole rings is 1. The normalized spacial score (nSPS) is 10.1. The van der Waals surface area contributed by atoms with E-state index < -0.39 is 5.97 Å². The first-order valence-electron chi connectivity index (χ1n) is 6.30. The predicted molar refractivity (Wildman–Crippen MR) is 79.3 cm³/mol. The Kier molecular flexibility index (Phi) is 4.89. The highest BCUT2D eigenvalue weighted by Gasteiger charge is 2.05. The van der Waals surface area contributed by atoms with Gasteiger partial charge in [-0.3, -0.25) is 0 Å². The summed E-state index contributed by atoms with van der Waals surface area (Å²) in [6.07, 6.45) is 1.73. The van der Waals surface area contributed by atoms with E-state index >= 15 is 0 Å². The number of hydrogen-bond donors (Lipinski definition) is 3. The van der Waals surface area contributed by atoms with E-state index in [1.165, 1.54) is 23.5 Å². The Balaban J connectivity index is 1.81. The molecule has 0 aliphatic heterocycles. The standard InChI is InChI=1S/C14H15N3O3S/c1-9-15-7-12(21-9)8-17-14(20)16-6-10-3-2-4-11(5-10)13(18)19/h2-5,7H,6,8H2,1H3,(H,18,19)(H2,16,17,20). The summed E-state index contributed by atoms with van der Waals surface area (Å²) in [7, 11) is 0. The summed E-state index contributed by atoms with van der Waals surface area (Å²) >= 11 is 1.53. The van der Waals surface area contributed by atoms with E-state index in [4.69, 9.17) is 5.11 Å². The lowest BCUT2D eigenvalue weighted by Gasteiger charge is -2.07. The van der Waals surface area contributed by atoms with Crippen LogP contribution in [-0.4, -0.2) is 22.1 Å². The van der Waals surface area contributed by atoms with E-state index in [0.717, 1.165) is 15.4 Å². The molecule has 0 atom stereocenters. The largest absolute Gasteiger partial charge is 0.478 e. The predicted octanol–water partition coefficient (Wildman–Crippen LogP) is 2.15. The number of aromatic carboxylic acids is 1. The SMILES string of the molecule is Cc1ncc(CNC(=O)NCc2cccc(C(=O)O)c2)s1. The van der Waals surface area contributed by atoms with Gasteiger partial charge in [0.1, 0.15) is 0 Å². The fourth-order valence-corrected chi connectivity index (χ4v) is 2.45. The summed E-state index contributed by atoms with van der Waals surface area (Å²) in [5.74, 6) is -0.984. The lowest BCUT2D eigenvalue weighted by molar-refractivity contribution is 0.0696. The second-order valence-electron chi connectivity index (χ2n) is 4.39. The van der Waals surface area contributed by atoms with Crippen LogP contribution in [-0.2, 0) is 13.1 Å². The molecule has 6 nitrogen and oxygen atoms in total. The van der Waals surface area contributed by atoms with E-state index in [-0.39, 0.29) is 18.1 Å². The second-order valence-corrected chi connectivity index (χ2v) is 5.71. The molecule has 0 aliphatic rings. The number of carboxylic acids is 1. The average molecular weight is 305 g/mol. The van der Waals surface area contributed by atoms with Crippen LogP contribution in [0.2, 0.25) is 0 Å². The molecule has 110 valence electrons. The third kappa shape index (κ3) is 4.57. The summed E-state index contributed by atoms with van der Waals surface area (Å²) in [5.41, 5.74) is 0.938. The van der Waals surface area contributed by atoms with Crippen molar-refractivity contribution in [2.75, 3.05) is 0 Å². The van der Waals surface area contributed by atoms with E-state index in [0.29, 0.717) is 6.54 Å². The van der Waals surface area contributed by atoms with E-state index in [1.54, 1.807) is 18.3 Å². The summed E-state index contributed by atoms with van der Waals surface area (Å²) in [4.78, 5) is 27.6. The van der Waals surface area contributed by atoms with Gasteiger partial charge in [0, 0.05) is 17.6 Å². The number of carbonyl (C=O) groups is 2. The third-order valence-electron chi connectivity index (χ3n) is 2.72. The van der Waals surface area contributed by atoms with E-state index in [2.05, 4.69) is 15.6 Å². The number of carboxylic acid groups (broad SMARTS) is 1. The summed E-state index contributed by atoms with van der Waals surface area (Å²) in [6, 6.07) is 6.16. The fourth-order valence-electron chi connectivity index (χ4n) is 1.71. The van der Waals surface area contributed by atoms with Gasteiger partial charge in [0.25, 0.3) is 0 Å². The zero-order valence-corrected chi connectivity index (χ0v) is 12.2. The number of aryl methyl sites for hydroxylation is 1. The highest BCUT2D eigenvalue weighted by molar-refractivity contribution is 7.11. The van der Waals surface area contributed by atoms with Crippen molar-refractivity contribution >= 4 is 23.3 Å². The fraction of sp³-hybridized carbons (Fsp3) is 0.214. The number of urea groups is 1. The maximum absolute atomic E-state index is 11.7. The van der Waals surface area contributed by atoms with Gasteiger partial charge in [-0.05, 0) is 24.6 Å². The number of hydrogen-bond acceptors (Lipinski definition) is 4. The van der Waals surface area contributed by atoms with Crippen LogP contribution >= 0.6 is 11.3 Å². The number of benzene rings is 1. The van der Waals surface area contributed by atoms with Gasteiger partial charge in [-0.1, -0.05) is 12.1 Å². The maximum Gasteiger partial charge on any atom is 0.335 e. The maximum atomic E-state index is 11.7. The zero-order chi connectivity index (χ0) is 15.2. The molecular weight excluding hydrogens is 290 g/mol. The topological polar surface area (TPSA) is 91.3 Å². The van der Waals surface area contributed by atoms with Crippen LogP contribution in [0.15, 0.2) is 30.5 Å². The molecule has 0 spiro atoms. The molecule has 0 aliphatic carbocycles. The molecule has 21 heavy (non-hydrogen) atoms. The van der Waals surface area contributed by atoms with Crippen molar-refractivity contribution in [3.8, 4) is 0 Å². The van der Waals surface area contributed by atoms with Crippen molar-refractivity contribution < 1.29 is 14.7 Å². The molecule has 0 fully saturated rings. The summed E-state index contributed by atoms with van der Waals surface area (Å²) in [5, 5.41) is 15.3. The number of nitrogens with zero attached hydrogens (tertiary/aromatic N) is 1. The van der Waals surface area contributed by atoms with Crippen LogP contribution in [0.5, 0.6) is 0 Å². The molecule has 0 saturated heterocycles. The van der Waals surface area contributed by atoms with E-state index in [1.807, 2.05) is 6.92 Å². The van der Waals surface area contributed by atoms with Gasteiger partial charge >= 0.3 is 12.0 Å². The Morgan fingerprint density at radius 1 is 1.29 bits per heavy atom. The molecule has 0 bridgehead atoms. The first-order valence-corrected chi connectivity index (χ1v) is 7.11. The first-order chi connectivity index (χ1) is 10.0. The van der Waals surface area contributed by atoms with Gasteiger partial charge in [0.15, 0.2) is 0 Å². The minimum absolute atomic E-state index is 0.204. The van der Waals surface area contributed by atoms with Crippen LogP contribution < -0.4 is 10.6 Å². The molecule has 0 saturated carbocycles. The molecule has 2 rings (SSSR count). The van der Waals surface area contributed by atoms with Crippen LogP contribution in [0.25, 0.3) is 0 Å². The number of amides is 2. The molecule has 0 radical (unpaired) electrons. The quantitative estimate of drug-likeness (QED) is 0.789. The summed E-state index contributed by atoms with van der Waals surface area (Å²) in [6.45, 7) is 2.60. The highest BCUT2D eigenvalue weighted by atomic mass is 32.1. The van der Waals surface area contributed by atoms with Crippen molar-refractivity contribution in [1.29, 1.82) is 0 Å². The van der Waals surface area contributed by atoms with Crippen molar-refractivity contribution in [2.24, 2.45) is 0 Å². The molecular formula is C14H15N3O3S.